The SMILES string of the molecule is c1ccc(-c2c3ccccc3c(-c3ccc4c(c3)oc3ccc(-c5c6ccccc6c(-c6ccc(-n7c8ccccc8c8ccccc87)cc6)c6ccccc56)cc34)c3ccccc23)cc1. The van der Waals surface area contributed by atoms with E-state index in [4.69, 9.17) is 4.42 Å². The lowest BCUT2D eigenvalue weighted by molar-refractivity contribution is 0.669. The molecule has 0 radical (unpaired) electrons. The van der Waals surface area contributed by atoms with Gasteiger partial charge in [0.1, 0.15) is 11.2 Å². The lowest BCUT2D eigenvalue weighted by Gasteiger charge is -2.18. The molecule has 2 aromatic heterocycles. The highest BCUT2D eigenvalue weighted by Crippen LogP contribution is 2.47. The Balaban J connectivity index is 0.914. The second kappa shape index (κ2) is 14.4. The van der Waals surface area contributed by atoms with Crippen molar-refractivity contribution in [3.05, 3.63) is 237 Å². The first kappa shape index (κ1) is 36.7. The van der Waals surface area contributed by atoms with Crippen molar-refractivity contribution in [1.82, 2.24) is 4.57 Å². The van der Waals surface area contributed by atoms with Crippen molar-refractivity contribution in [2.75, 3.05) is 0 Å². The van der Waals surface area contributed by atoms with Crippen LogP contribution in [0.15, 0.2) is 241 Å². The van der Waals surface area contributed by atoms with E-state index in [0.29, 0.717) is 0 Å². The van der Waals surface area contributed by atoms with Crippen LogP contribution < -0.4 is 0 Å². The Bertz CT molecular complexity index is 4100. The monoisotopic (exact) mass is 837 g/mol. The summed E-state index contributed by atoms with van der Waals surface area (Å²) in [5, 5.41) is 14.6. The van der Waals surface area contributed by atoms with Crippen LogP contribution in [0, 0.1) is 0 Å². The van der Waals surface area contributed by atoms with Crippen molar-refractivity contribution < 1.29 is 4.42 Å². The summed E-state index contributed by atoms with van der Waals surface area (Å²) >= 11 is 0. The third-order valence-electron chi connectivity index (χ3n) is 14.0. The summed E-state index contributed by atoms with van der Waals surface area (Å²) < 4.78 is 9.14. The van der Waals surface area contributed by atoms with Crippen LogP contribution in [0.25, 0.3) is 137 Å². The first-order chi connectivity index (χ1) is 32.8. The summed E-state index contributed by atoms with van der Waals surface area (Å²) in [4.78, 5) is 0. The lowest BCUT2D eigenvalue weighted by Crippen LogP contribution is -1.94. The molecule has 2 heterocycles. The van der Waals surface area contributed by atoms with Gasteiger partial charge in [0, 0.05) is 27.2 Å². The molecule has 0 bridgehead atoms. The van der Waals surface area contributed by atoms with Crippen LogP contribution in [-0.2, 0) is 0 Å². The molecular formula is C64H39NO. The first-order valence-corrected chi connectivity index (χ1v) is 22.8. The van der Waals surface area contributed by atoms with E-state index < -0.39 is 0 Å². The second-order valence-corrected chi connectivity index (χ2v) is 17.5. The van der Waals surface area contributed by atoms with E-state index in [9.17, 15) is 0 Å². The van der Waals surface area contributed by atoms with E-state index >= 15 is 0 Å². The normalized spacial score (nSPS) is 11.9. The number of nitrogens with zero attached hydrogens (tertiary/aromatic N) is 1. The Kier molecular flexibility index (Phi) is 8.02. The van der Waals surface area contributed by atoms with Crippen LogP contribution in [0.1, 0.15) is 0 Å². The van der Waals surface area contributed by atoms with E-state index in [1.165, 1.54) is 104 Å². The van der Waals surface area contributed by atoms with Gasteiger partial charge in [-0.1, -0.05) is 188 Å². The van der Waals surface area contributed by atoms with Crippen molar-refractivity contribution in [2.24, 2.45) is 0 Å². The van der Waals surface area contributed by atoms with E-state index in [1.807, 2.05) is 0 Å². The number of benzene rings is 12. The fraction of sp³-hybridized carbons (Fsp3) is 0. The summed E-state index contributed by atoms with van der Waals surface area (Å²) in [5.41, 5.74) is 15.0. The third-order valence-corrected chi connectivity index (χ3v) is 14.0. The van der Waals surface area contributed by atoms with Gasteiger partial charge in [0.05, 0.1) is 11.0 Å². The predicted octanol–water partition coefficient (Wildman–Crippen LogP) is 18.0. The van der Waals surface area contributed by atoms with Crippen molar-refractivity contribution in [3.63, 3.8) is 0 Å². The van der Waals surface area contributed by atoms with Gasteiger partial charge in [0.25, 0.3) is 0 Å². The van der Waals surface area contributed by atoms with Crippen molar-refractivity contribution in [1.29, 1.82) is 0 Å². The molecule has 0 N–H and O–H groups in total. The number of fused-ring (bicyclic) bond motifs is 10. The van der Waals surface area contributed by atoms with Crippen LogP contribution in [0.4, 0.5) is 0 Å². The molecule has 0 saturated heterocycles. The molecule has 0 aliphatic heterocycles. The zero-order valence-electron chi connectivity index (χ0n) is 35.9. The third kappa shape index (κ3) is 5.42. The van der Waals surface area contributed by atoms with Gasteiger partial charge < -0.3 is 8.98 Å². The number of para-hydroxylation sites is 2. The standard InChI is InChI=1S/C64H39NO/c1-2-16-40(17-3-1)61-48-20-4-10-26-54(48)64(55-27-11-5-21-49(55)61)43-32-36-47-56-38-42(33-37-59(56)66-60(47)39-43)63-52-24-8-6-22-50(52)62(51-23-7-9-25-53(51)63)41-30-34-44(35-31-41)65-57-28-14-12-18-45(57)46-19-13-15-29-58(46)65/h1-39H. The minimum atomic E-state index is 0.883. The summed E-state index contributed by atoms with van der Waals surface area (Å²) in [6.45, 7) is 0. The topological polar surface area (TPSA) is 18.1 Å². The Hall–Kier alpha value is -8.72. The van der Waals surface area contributed by atoms with Gasteiger partial charge >= 0.3 is 0 Å². The minimum absolute atomic E-state index is 0.883. The molecule has 0 spiro atoms. The van der Waals surface area contributed by atoms with Gasteiger partial charge in [0.15, 0.2) is 0 Å². The summed E-state index contributed by atoms with van der Waals surface area (Å²) in [5.74, 6) is 0. The van der Waals surface area contributed by atoms with Gasteiger partial charge in [-0.3, -0.25) is 0 Å². The molecule has 0 aliphatic rings. The van der Waals surface area contributed by atoms with Crippen LogP contribution >= 0.6 is 0 Å². The van der Waals surface area contributed by atoms with E-state index in [2.05, 4.69) is 241 Å². The maximum Gasteiger partial charge on any atom is 0.136 e. The molecule has 0 unspecified atom stereocenters. The smallest absolute Gasteiger partial charge is 0.136 e. The summed E-state index contributed by atoms with van der Waals surface area (Å²) in [6.07, 6.45) is 0. The number of aromatic nitrogens is 1. The van der Waals surface area contributed by atoms with Gasteiger partial charge in [-0.05, 0) is 136 Å². The molecule has 306 valence electrons. The molecule has 14 rings (SSSR count). The Morgan fingerprint density at radius 3 is 1.08 bits per heavy atom. The van der Waals surface area contributed by atoms with E-state index in [1.54, 1.807) is 0 Å². The zero-order chi connectivity index (χ0) is 43.3. The fourth-order valence-corrected chi connectivity index (χ4v) is 11.2. The molecule has 2 nitrogen and oxygen atoms in total. The predicted molar refractivity (Wildman–Crippen MR) is 280 cm³/mol. The fourth-order valence-electron chi connectivity index (χ4n) is 11.2. The molecule has 66 heavy (non-hydrogen) atoms. The van der Waals surface area contributed by atoms with Gasteiger partial charge in [-0.2, -0.15) is 0 Å². The van der Waals surface area contributed by atoms with Crippen LogP contribution in [0.5, 0.6) is 0 Å². The highest BCUT2D eigenvalue weighted by molar-refractivity contribution is 6.24. The maximum atomic E-state index is 6.76. The van der Waals surface area contributed by atoms with Crippen LogP contribution in [0.3, 0.4) is 0 Å². The van der Waals surface area contributed by atoms with Gasteiger partial charge in [-0.25, -0.2) is 0 Å². The second-order valence-electron chi connectivity index (χ2n) is 17.5. The number of hydrogen-bond donors (Lipinski definition) is 0. The minimum Gasteiger partial charge on any atom is -0.456 e. The molecule has 14 aromatic rings. The quantitative estimate of drug-likeness (QED) is 0.158. The van der Waals surface area contributed by atoms with Crippen molar-refractivity contribution >= 4 is 86.8 Å². The van der Waals surface area contributed by atoms with Crippen LogP contribution in [0.2, 0.25) is 0 Å². The van der Waals surface area contributed by atoms with Gasteiger partial charge in [-0.15, -0.1) is 0 Å². The molecular weight excluding hydrogens is 799 g/mol. The van der Waals surface area contributed by atoms with Gasteiger partial charge in [0.2, 0.25) is 0 Å². The Morgan fingerprint density at radius 2 is 0.591 bits per heavy atom. The molecule has 0 saturated carbocycles. The van der Waals surface area contributed by atoms with E-state index in [0.717, 1.165) is 33.2 Å². The largest absolute Gasteiger partial charge is 0.456 e. The molecule has 0 atom stereocenters. The molecule has 0 amide bonds. The average molecular weight is 838 g/mol. The maximum absolute atomic E-state index is 6.76. The Labute approximate surface area is 380 Å². The van der Waals surface area contributed by atoms with Crippen molar-refractivity contribution in [2.45, 2.75) is 0 Å². The summed E-state index contributed by atoms with van der Waals surface area (Å²) in [6, 6.07) is 86.4. The lowest BCUT2D eigenvalue weighted by atomic mass is 9.85. The number of furan rings is 1. The first-order valence-electron chi connectivity index (χ1n) is 22.8. The number of rotatable bonds is 5. The molecule has 2 heteroatoms. The highest BCUT2D eigenvalue weighted by atomic mass is 16.3. The molecule has 12 aromatic carbocycles. The molecule has 0 fully saturated rings. The summed E-state index contributed by atoms with van der Waals surface area (Å²) in [7, 11) is 0. The van der Waals surface area contributed by atoms with Crippen molar-refractivity contribution in [3.8, 4) is 50.2 Å². The highest BCUT2D eigenvalue weighted by Gasteiger charge is 2.21. The zero-order valence-corrected chi connectivity index (χ0v) is 35.9. The Morgan fingerprint density at radius 1 is 0.227 bits per heavy atom. The number of hydrogen-bond acceptors (Lipinski definition) is 1. The molecule has 0 aliphatic carbocycles. The van der Waals surface area contributed by atoms with Crippen LogP contribution in [-0.4, -0.2) is 4.57 Å². The average Bonchev–Trinajstić information content (AvgIpc) is 3.92. The van der Waals surface area contributed by atoms with E-state index in [-0.39, 0.29) is 0 Å².